The van der Waals surface area contributed by atoms with E-state index in [2.05, 4.69) is 5.32 Å². The van der Waals surface area contributed by atoms with Crippen LogP contribution in [0.25, 0.3) is 0 Å². The zero-order valence-corrected chi connectivity index (χ0v) is 10.3. The number of nitrogens with zero attached hydrogens (tertiary/aromatic N) is 1. The van der Waals surface area contributed by atoms with Crippen LogP contribution in [0, 0.1) is 18.3 Å². The number of aryl methyl sites for hydroxylation is 1. The summed E-state index contributed by atoms with van der Waals surface area (Å²) in [5, 5.41) is 21.2. The van der Waals surface area contributed by atoms with Crippen molar-refractivity contribution in [3.8, 4) is 6.07 Å². The minimum atomic E-state index is -1.06. The molecule has 0 aliphatic heterocycles. The van der Waals surface area contributed by atoms with E-state index in [1.54, 1.807) is 13.0 Å². The van der Waals surface area contributed by atoms with Crippen molar-refractivity contribution in [3.63, 3.8) is 0 Å². The van der Waals surface area contributed by atoms with Gasteiger partial charge in [-0.25, -0.2) is 4.79 Å². The van der Waals surface area contributed by atoms with Crippen LogP contribution in [0.5, 0.6) is 0 Å². The topological polar surface area (TPSA) is 73.1 Å². The fourth-order valence-electron chi connectivity index (χ4n) is 1.85. The molecule has 4 nitrogen and oxygen atoms in total. The number of carboxylic acid groups (broad SMARTS) is 1. The van der Waals surface area contributed by atoms with E-state index in [0.29, 0.717) is 11.3 Å². The third kappa shape index (κ3) is 2.72. The average Bonchev–Trinajstić information content (AvgIpc) is 2.41. The Bertz CT molecular complexity index is 658. The summed E-state index contributed by atoms with van der Waals surface area (Å²) in [6.07, 6.45) is 0. The second-order valence-electron chi connectivity index (χ2n) is 4.12. The van der Waals surface area contributed by atoms with Crippen LogP contribution in [0.4, 0.5) is 11.4 Å². The molecule has 2 rings (SSSR count). The fourth-order valence-corrected chi connectivity index (χ4v) is 1.85. The molecule has 0 fully saturated rings. The third-order valence-electron chi connectivity index (χ3n) is 2.74. The lowest BCUT2D eigenvalue weighted by atomic mass is 10.0. The minimum absolute atomic E-state index is 0.0976. The maximum absolute atomic E-state index is 11.3. The quantitative estimate of drug-likeness (QED) is 0.878. The Morgan fingerprint density at radius 1 is 1.26 bits per heavy atom. The molecule has 0 spiro atoms. The Morgan fingerprint density at radius 3 is 2.53 bits per heavy atom. The Hall–Kier alpha value is -2.80. The Balaban J connectivity index is 2.50. The van der Waals surface area contributed by atoms with E-state index in [0.717, 1.165) is 11.3 Å². The SMILES string of the molecule is Cc1cc(C#N)cc(C(=O)O)c1Nc1ccccc1. The molecule has 0 radical (unpaired) electrons. The Kier molecular flexibility index (Phi) is 3.48. The standard InChI is InChI=1S/C15H12N2O2/c1-10-7-11(9-16)8-13(15(18)19)14(10)17-12-5-3-2-4-6-12/h2-8,17H,1H3,(H,18,19). The first-order chi connectivity index (χ1) is 9.11. The summed E-state index contributed by atoms with van der Waals surface area (Å²) < 4.78 is 0. The molecule has 19 heavy (non-hydrogen) atoms. The van der Waals surface area contributed by atoms with Gasteiger partial charge >= 0.3 is 5.97 Å². The molecule has 0 unspecified atom stereocenters. The van der Waals surface area contributed by atoms with E-state index >= 15 is 0 Å². The van der Waals surface area contributed by atoms with E-state index < -0.39 is 5.97 Å². The van der Waals surface area contributed by atoms with Gasteiger partial charge in [-0.05, 0) is 36.8 Å². The number of para-hydroxylation sites is 1. The summed E-state index contributed by atoms with van der Waals surface area (Å²) in [5.41, 5.74) is 2.48. The van der Waals surface area contributed by atoms with Crippen LogP contribution in [0.2, 0.25) is 0 Å². The lowest BCUT2D eigenvalue weighted by Gasteiger charge is -2.13. The lowest BCUT2D eigenvalue weighted by Crippen LogP contribution is -2.05. The number of hydrogen-bond donors (Lipinski definition) is 2. The highest BCUT2D eigenvalue weighted by atomic mass is 16.4. The normalized spacial score (nSPS) is 9.68. The van der Waals surface area contributed by atoms with Crippen molar-refractivity contribution in [3.05, 3.63) is 59.2 Å². The van der Waals surface area contributed by atoms with Gasteiger partial charge in [0, 0.05) is 5.69 Å². The van der Waals surface area contributed by atoms with Crippen LogP contribution in [0.1, 0.15) is 21.5 Å². The molecule has 0 amide bonds. The van der Waals surface area contributed by atoms with Gasteiger partial charge in [-0.1, -0.05) is 18.2 Å². The van der Waals surface area contributed by atoms with Crippen LogP contribution < -0.4 is 5.32 Å². The summed E-state index contributed by atoms with van der Waals surface area (Å²) in [5.74, 6) is -1.06. The number of anilines is 2. The number of nitrogens with one attached hydrogen (secondary N) is 1. The van der Waals surface area contributed by atoms with Crippen molar-refractivity contribution in [2.24, 2.45) is 0 Å². The maximum atomic E-state index is 11.3. The number of carboxylic acids is 1. The fraction of sp³-hybridized carbons (Fsp3) is 0.0667. The molecular formula is C15H12N2O2. The average molecular weight is 252 g/mol. The first-order valence-electron chi connectivity index (χ1n) is 5.72. The van der Waals surface area contributed by atoms with Gasteiger partial charge in [-0.3, -0.25) is 0 Å². The van der Waals surface area contributed by atoms with Crippen LogP contribution in [0.15, 0.2) is 42.5 Å². The second-order valence-corrected chi connectivity index (χ2v) is 4.12. The van der Waals surface area contributed by atoms with Gasteiger partial charge in [0.25, 0.3) is 0 Å². The van der Waals surface area contributed by atoms with E-state index in [1.165, 1.54) is 6.07 Å². The van der Waals surface area contributed by atoms with Crippen LogP contribution in [-0.4, -0.2) is 11.1 Å². The van der Waals surface area contributed by atoms with E-state index in [9.17, 15) is 9.90 Å². The molecule has 2 aromatic rings. The summed E-state index contributed by atoms with van der Waals surface area (Å²) in [7, 11) is 0. The summed E-state index contributed by atoms with van der Waals surface area (Å²) in [4.78, 5) is 11.3. The van der Waals surface area contributed by atoms with Gasteiger partial charge in [0.2, 0.25) is 0 Å². The highest BCUT2D eigenvalue weighted by Gasteiger charge is 2.14. The van der Waals surface area contributed by atoms with Crippen molar-refractivity contribution in [1.29, 1.82) is 5.26 Å². The van der Waals surface area contributed by atoms with Crippen LogP contribution in [-0.2, 0) is 0 Å². The van der Waals surface area contributed by atoms with Crippen molar-refractivity contribution in [1.82, 2.24) is 0 Å². The Labute approximate surface area is 110 Å². The smallest absolute Gasteiger partial charge is 0.337 e. The van der Waals surface area contributed by atoms with Gasteiger partial charge in [-0.2, -0.15) is 5.26 Å². The number of benzene rings is 2. The van der Waals surface area contributed by atoms with Gasteiger partial charge in [0.15, 0.2) is 0 Å². The molecule has 0 heterocycles. The van der Waals surface area contributed by atoms with Gasteiger partial charge < -0.3 is 10.4 Å². The Morgan fingerprint density at radius 2 is 1.95 bits per heavy atom. The van der Waals surface area contributed by atoms with Crippen molar-refractivity contribution >= 4 is 17.3 Å². The van der Waals surface area contributed by atoms with Crippen molar-refractivity contribution in [2.45, 2.75) is 6.92 Å². The number of aromatic carboxylic acids is 1. The van der Waals surface area contributed by atoms with Gasteiger partial charge in [0.1, 0.15) is 0 Å². The molecule has 0 aromatic heterocycles. The zero-order chi connectivity index (χ0) is 13.8. The first-order valence-corrected chi connectivity index (χ1v) is 5.72. The lowest BCUT2D eigenvalue weighted by molar-refractivity contribution is 0.0698. The highest BCUT2D eigenvalue weighted by Crippen LogP contribution is 2.26. The predicted molar refractivity (Wildman–Crippen MR) is 72.6 cm³/mol. The monoisotopic (exact) mass is 252 g/mol. The summed E-state index contributed by atoms with van der Waals surface area (Å²) in [6, 6.07) is 14.3. The number of hydrogen-bond acceptors (Lipinski definition) is 3. The van der Waals surface area contributed by atoms with Gasteiger partial charge in [-0.15, -0.1) is 0 Å². The van der Waals surface area contributed by atoms with E-state index in [1.807, 2.05) is 36.4 Å². The molecule has 4 heteroatoms. The maximum Gasteiger partial charge on any atom is 0.337 e. The molecule has 2 N–H and O–H groups in total. The molecule has 0 bridgehead atoms. The number of carbonyl (C=O) groups is 1. The molecule has 0 atom stereocenters. The number of nitriles is 1. The largest absolute Gasteiger partial charge is 0.478 e. The molecule has 94 valence electrons. The predicted octanol–water partition coefficient (Wildman–Crippen LogP) is 3.31. The van der Waals surface area contributed by atoms with Crippen LogP contribution in [0.3, 0.4) is 0 Å². The number of rotatable bonds is 3. The molecule has 0 saturated carbocycles. The molecule has 2 aromatic carbocycles. The second kappa shape index (κ2) is 5.23. The van der Waals surface area contributed by atoms with Gasteiger partial charge in [0.05, 0.1) is 22.9 Å². The first kappa shape index (κ1) is 12.7. The summed E-state index contributed by atoms with van der Waals surface area (Å²) >= 11 is 0. The highest BCUT2D eigenvalue weighted by molar-refractivity contribution is 5.96. The third-order valence-corrected chi connectivity index (χ3v) is 2.74. The van der Waals surface area contributed by atoms with Crippen LogP contribution >= 0.6 is 0 Å². The van der Waals surface area contributed by atoms with Crippen molar-refractivity contribution in [2.75, 3.05) is 5.32 Å². The molecule has 0 aliphatic rings. The van der Waals surface area contributed by atoms with E-state index in [4.69, 9.17) is 5.26 Å². The minimum Gasteiger partial charge on any atom is -0.478 e. The van der Waals surface area contributed by atoms with Crippen molar-refractivity contribution < 1.29 is 9.90 Å². The van der Waals surface area contributed by atoms with E-state index in [-0.39, 0.29) is 5.56 Å². The molecule has 0 aliphatic carbocycles. The molecule has 0 saturated heterocycles. The summed E-state index contributed by atoms with van der Waals surface area (Å²) in [6.45, 7) is 1.78. The zero-order valence-electron chi connectivity index (χ0n) is 10.3. The molecular weight excluding hydrogens is 240 g/mol.